The van der Waals surface area contributed by atoms with Crippen LogP contribution in [0.1, 0.15) is 25.0 Å². The van der Waals surface area contributed by atoms with Crippen LogP contribution in [-0.2, 0) is 11.3 Å². The van der Waals surface area contributed by atoms with Gasteiger partial charge in [0, 0.05) is 32.2 Å². The first-order valence-corrected chi connectivity index (χ1v) is 11.3. The average molecular weight is 442 g/mol. The monoisotopic (exact) mass is 441 g/mol. The molecule has 0 unspecified atom stereocenters. The van der Waals surface area contributed by atoms with Crippen LogP contribution in [0.3, 0.4) is 0 Å². The number of benzene rings is 1. The fourth-order valence-electron chi connectivity index (χ4n) is 4.28. The normalized spacial score (nSPS) is 17.3. The Morgan fingerprint density at radius 1 is 1.00 bits per heavy atom. The highest BCUT2D eigenvalue weighted by Crippen LogP contribution is 2.28. The number of carbonyl (C=O) groups is 1. The Morgan fingerprint density at radius 3 is 2.47 bits per heavy atom. The average Bonchev–Trinajstić information content (AvgIpc) is 2.84. The molecule has 0 bridgehead atoms. The van der Waals surface area contributed by atoms with Crippen molar-refractivity contribution in [1.82, 2.24) is 9.80 Å². The number of nitrogens with zero attached hydrogens (tertiary/aromatic N) is 3. The lowest BCUT2D eigenvalue weighted by Gasteiger charge is -2.36. The summed E-state index contributed by atoms with van der Waals surface area (Å²) in [6, 6.07) is 9.35. The first-order chi connectivity index (χ1) is 15.6. The molecule has 3 heterocycles. The van der Waals surface area contributed by atoms with E-state index < -0.39 is 0 Å². The van der Waals surface area contributed by atoms with Crippen LogP contribution in [0.4, 0.5) is 5.69 Å². The van der Waals surface area contributed by atoms with Crippen LogP contribution in [0.2, 0.25) is 0 Å². The molecular formula is C24H31N3O5. The lowest BCUT2D eigenvalue weighted by molar-refractivity contribution is -0.133. The molecule has 0 N–H and O–H groups in total. The van der Waals surface area contributed by atoms with Crippen molar-refractivity contribution < 1.29 is 18.7 Å². The van der Waals surface area contributed by atoms with E-state index in [1.165, 1.54) is 31.6 Å². The van der Waals surface area contributed by atoms with Gasteiger partial charge >= 0.3 is 0 Å². The second-order valence-electron chi connectivity index (χ2n) is 8.24. The molecule has 2 aliphatic rings. The van der Waals surface area contributed by atoms with E-state index in [4.69, 9.17) is 13.9 Å². The van der Waals surface area contributed by atoms with Crippen molar-refractivity contribution in [2.24, 2.45) is 0 Å². The number of carbonyl (C=O) groups excluding carboxylic acids is 1. The first kappa shape index (κ1) is 22.2. The van der Waals surface area contributed by atoms with Gasteiger partial charge in [-0.15, -0.1) is 0 Å². The van der Waals surface area contributed by atoms with Crippen molar-refractivity contribution in [2.45, 2.75) is 25.8 Å². The molecule has 0 aliphatic carbocycles. The van der Waals surface area contributed by atoms with Crippen molar-refractivity contribution in [2.75, 3.05) is 57.9 Å². The Kier molecular flexibility index (Phi) is 7.32. The zero-order valence-electron chi connectivity index (χ0n) is 18.6. The molecule has 1 aromatic heterocycles. The molecule has 0 atom stereocenters. The SMILES string of the molecule is COc1ccccc1N1CCN(C(=O)COc2coc(CN3CCCCC3)cc2=O)CC1. The predicted octanol–water partition coefficient (Wildman–Crippen LogP) is 2.36. The van der Waals surface area contributed by atoms with Crippen LogP contribution in [0.5, 0.6) is 11.5 Å². The molecule has 2 aromatic rings. The number of piperidine rings is 1. The Bertz CT molecular complexity index is 962. The van der Waals surface area contributed by atoms with Gasteiger partial charge in [-0.25, -0.2) is 0 Å². The summed E-state index contributed by atoms with van der Waals surface area (Å²) in [6.07, 6.45) is 4.95. The first-order valence-electron chi connectivity index (χ1n) is 11.3. The van der Waals surface area contributed by atoms with Crippen molar-refractivity contribution in [3.8, 4) is 11.5 Å². The largest absolute Gasteiger partial charge is 0.495 e. The minimum absolute atomic E-state index is 0.0772. The highest BCUT2D eigenvalue weighted by atomic mass is 16.5. The number of methoxy groups -OCH3 is 1. The predicted molar refractivity (Wildman–Crippen MR) is 121 cm³/mol. The Labute approximate surface area is 188 Å². The van der Waals surface area contributed by atoms with Crippen LogP contribution in [0.25, 0.3) is 0 Å². The molecule has 4 rings (SSSR count). The van der Waals surface area contributed by atoms with Gasteiger partial charge in [0.2, 0.25) is 11.2 Å². The number of amides is 1. The van der Waals surface area contributed by atoms with Gasteiger partial charge in [-0.2, -0.15) is 0 Å². The molecule has 2 fully saturated rings. The van der Waals surface area contributed by atoms with Crippen LogP contribution in [-0.4, -0.2) is 68.7 Å². The van der Waals surface area contributed by atoms with Gasteiger partial charge in [-0.05, 0) is 38.1 Å². The highest BCUT2D eigenvalue weighted by molar-refractivity contribution is 5.78. The third-order valence-electron chi connectivity index (χ3n) is 6.09. The van der Waals surface area contributed by atoms with Crippen molar-refractivity contribution in [3.63, 3.8) is 0 Å². The molecule has 2 saturated heterocycles. The molecule has 8 heteroatoms. The number of hydrogen-bond donors (Lipinski definition) is 0. The maximum absolute atomic E-state index is 12.6. The van der Waals surface area contributed by atoms with Crippen LogP contribution in [0, 0.1) is 0 Å². The molecule has 0 saturated carbocycles. The third kappa shape index (κ3) is 5.43. The van der Waals surface area contributed by atoms with E-state index >= 15 is 0 Å². The summed E-state index contributed by atoms with van der Waals surface area (Å²) in [7, 11) is 1.66. The fraction of sp³-hybridized carbons (Fsp3) is 0.500. The summed E-state index contributed by atoms with van der Waals surface area (Å²) in [5, 5.41) is 0. The standard InChI is InChI=1S/C24H31N3O5/c1-30-22-8-4-3-7-20(22)26-11-13-27(14-12-26)24(29)18-32-23-17-31-19(15-21(23)28)16-25-9-5-2-6-10-25/h3-4,7-8,15,17H,2,5-6,9-14,16,18H2,1H3. The summed E-state index contributed by atoms with van der Waals surface area (Å²) in [5.74, 6) is 1.39. The van der Waals surface area contributed by atoms with Crippen LogP contribution < -0.4 is 19.8 Å². The summed E-state index contributed by atoms with van der Waals surface area (Å²) < 4.78 is 16.5. The summed E-state index contributed by atoms with van der Waals surface area (Å²) in [6.45, 7) is 5.10. The van der Waals surface area contributed by atoms with E-state index in [0.717, 1.165) is 24.5 Å². The second kappa shape index (κ2) is 10.5. The molecule has 1 aromatic carbocycles. The van der Waals surface area contributed by atoms with Gasteiger partial charge in [0.15, 0.2) is 6.61 Å². The van der Waals surface area contributed by atoms with Gasteiger partial charge in [0.1, 0.15) is 17.8 Å². The summed E-state index contributed by atoms with van der Waals surface area (Å²) in [5.41, 5.74) is 0.776. The molecule has 0 radical (unpaired) electrons. The fourth-order valence-corrected chi connectivity index (χ4v) is 4.28. The zero-order chi connectivity index (χ0) is 22.3. The smallest absolute Gasteiger partial charge is 0.260 e. The zero-order valence-corrected chi connectivity index (χ0v) is 18.6. The van der Waals surface area contributed by atoms with Gasteiger partial charge < -0.3 is 23.7 Å². The van der Waals surface area contributed by atoms with Gasteiger partial charge in [0.25, 0.3) is 5.91 Å². The topological polar surface area (TPSA) is 75.5 Å². The lowest BCUT2D eigenvalue weighted by Crippen LogP contribution is -2.50. The molecule has 32 heavy (non-hydrogen) atoms. The quantitative estimate of drug-likeness (QED) is 0.653. The number of ether oxygens (including phenoxy) is 2. The van der Waals surface area contributed by atoms with Crippen LogP contribution >= 0.6 is 0 Å². The minimum atomic E-state index is -0.253. The number of likely N-dealkylation sites (tertiary alicyclic amines) is 1. The van der Waals surface area contributed by atoms with Gasteiger partial charge in [-0.1, -0.05) is 18.6 Å². The van der Waals surface area contributed by atoms with E-state index in [1.807, 2.05) is 24.3 Å². The van der Waals surface area contributed by atoms with Crippen molar-refractivity contribution in [1.29, 1.82) is 0 Å². The molecule has 1 amide bonds. The highest BCUT2D eigenvalue weighted by Gasteiger charge is 2.23. The van der Waals surface area contributed by atoms with Crippen molar-refractivity contribution >= 4 is 11.6 Å². The third-order valence-corrected chi connectivity index (χ3v) is 6.09. The van der Waals surface area contributed by atoms with Crippen molar-refractivity contribution in [3.05, 3.63) is 52.6 Å². The number of anilines is 1. The number of para-hydroxylation sites is 2. The van der Waals surface area contributed by atoms with E-state index in [9.17, 15) is 9.59 Å². The minimum Gasteiger partial charge on any atom is -0.495 e. The maximum Gasteiger partial charge on any atom is 0.260 e. The number of hydrogen-bond acceptors (Lipinski definition) is 7. The molecule has 2 aliphatic heterocycles. The molecule has 0 spiro atoms. The maximum atomic E-state index is 12.6. The lowest BCUT2D eigenvalue weighted by atomic mass is 10.1. The number of rotatable bonds is 7. The van der Waals surface area contributed by atoms with E-state index in [1.54, 1.807) is 12.0 Å². The Morgan fingerprint density at radius 2 is 1.75 bits per heavy atom. The van der Waals surface area contributed by atoms with E-state index in [2.05, 4.69) is 9.80 Å². The summed E-state index contributed by atoms with van der Waals surface area (Å²) in [4.78, 5) is 31.2. The Balaban J connectivity index is 1.26. The van der Waals surface area contributed by atoms with E-state index in [0.29, 0.717) is 38.5 Å². The molecule has 8 nitrogen and oxygen atoms in total. The van der Waals surface area contributed by atoms with Gasteiger partial charge in [0.05, 0.1) is 19.3 Å². The molecule has 172 valence electrons. The Hall–Kier alpha value is -3.00. The summed E-state index contributed by atoms with van der Waals surface area (Å²) >= 11 is 0. The van der Waals surface area contributed by atoms with Crippen LogP contribution in [0.15, 0.2) is 45.8 Å². The number of piperazine rings is 1. The van der Waals surface area contributed by atoms with E-state index in [-0.39, 0.29) is 23.7 Å². The second-order valence-corrected chi connectivity index (χ2v) is 8.24. The molecular weight excluding hydrogens is 410 g/mol. The van der Waals surface area contributed by atoms with Gasteiger partial charge in [-0.3, -0.25) is 14.5 Å².